The summed E-state index contributed by atoms with van der Waals surface area (Å²) in [5.41, 5.74) is 3.70. The lowest BCUT2D eigenvalue weighted by Crippen LogP contribution is -2.53. The SMILES string of the molecule is Cc1cccc(N2CCN(C(=O)C(=O)N(C)CCO)CC2)c1C. The van der Waals surface area contributed by atoms with E-state index in [1.807, 2.05) is 6.07 Å². The predicted octanol–water partition coefficient (Wildman–Crippen LogP) is 0.403. The second kappa shape index (κ2) is 7.46. The fraction of sp³-hybridized carbons (Fsp3) is 0.529. The molecule has 0 spiro atoms. The third kappa shape index (κ3) is 3.82. The van der Waals surface area contributed by atoms with Crippen molar-refractivity contribution >= 4 is 17.5 Å². The Bertz CT molecular complexity index is 580. The number of anilines is 1. The topological polar surface area (TPSA) is 64.1 Å². The van der Waals surface area contributed by atoms with Crippen LogP contribution in [0, 0.1) is 13.8 Å². The van der Waals surface area contributed by atoms with Crippen LogP contribution in [0.2, 0.25) is 0 Å². The lowest BCUT2D eigenvalue weighted by Gasteiger charge is -2.37. The van der Waals surface area contributed by atoms with Crippen LogP contribution in [0.15, 0.2) is 18.2 Å². The average molecular weight is 319 g/mol. The molecule has 0 aliphatic carbocycles. The smallest absolute Gasteiger partial charge is 0.312 e. The summed E-state index contributed by atoms with van der Waals surface area (Å²) in [4.78, 5) is 29.3. The molecule has 2 amide bonds. The number of nitrogens with zero attached hydrogens (tertiary/aromatic N) is 3. The number of piperazine rings is 1. The van der Waals surface area contributed by atoms with E-state index in [9.17, 15) is 9.59 Å². The third-order valence-corrected chi connectivity index (χ3v) is 4.45. The van der Waals surface area contributed by atoms with E-state index in [1.54, 1.807) is 4.90 Å². The van der Waals surface area contributed by atoms with Crippen molar-refractivity contribution in [1.29, 1.82) is 0 Å². The molecule has 23 heavy (non-hydrogen) atoms. The van der Waals surface area contributed by atoms with Crippen LogP contribution in [-0.2, 0) is 9.59 Å². The van der Waals surface area contributed by atoms with Crippen molar-refractivity contribution in [2.75, 3.05) is 51.3 Å². The van der Waals surface area contributed by atoms with Gasteiger partial charge in [0.05, 0.1) is 6.61 Å². The van der Waals surface area contributed by atoms with Crippen molar-refractivity contribution in [3.63, 3.8) is 0 Å². The van der Waals surface area contributed by atoms with Crippen LogP contribution in [0.3, 0.4) is 0 Å². The maximum Gasteiger partial charge on any atom is 0.312 e. The summed E-state index contributed by atoms with van der Waals surface area (Å²) in [6, 6.07) is 6.23. The van der Waals surface area contributed by atoms with Gasteiger partial charge in [-0.1, -0.05) is 12.1 Å². The molecule has 1 aromatic carbocycles. The van der Waals surface area contributed by atoms with E-state index in [2.05, 4.69) is 30.9 Å². The zero-order valence-corrected chi connectivity index (χ0v) is 14.1. The zero-order valence-electron chi connectivity index (χ0n) is 14.1. The van der Waals surface area contributed by atoms with Crippen molar-refractivity contribution in [1.82, 2.24) is 9.80 Å². The summed E-state index contributed by atoms with van der Waals surface area (Å²) >= 11 is 0. The van der Waals surface area contributed by atoms with Gasteiger partial charge in [-0.05, 0) is 31.0 Å². The molecule has 1 aliphatic heterocycles. The van der Waals surface area contributed by atoms with Crippen molar-refractivity contribution < 1.29 is 14.7 Å². The van der Waals surface area contributed by atoms with Gasteiger partial charge >= 0.3 is 11.8 Å². The molecule has 1 saturated heterocycles. The van der Waals surface area contributed by atoms with E-state index in [1.165, 1.54) is 28.8 Å². The van der Waals surface area contributed by atoms with Crippen LogP contribution in [0.5, 0.6) is 0 Å². The minimum absolute atomic E-state index is 0.143. The molecule has 1 fully saturated rings. The normalized spacial score (nSPS) is 14.8. The number of aryl methyl sites for hydroxylation is 1. The van der Waals surface area contributed by atoms with Crippen molar-refractivity contribution in [3.8, 4) is 0 Å². The Morgan fingerprint density at radius 1 is 1.17 bits per heavy atom. The number of likely N-dealkylation sites (N-methyl/N-ethyl adjacent to an activating group) is 1. The second-order valence-corrected chi connectivity index (χ2v) is 5.95. The number of amides is 2. The third-order valence-electron chi connectivity index (χ3n) is 4.45. The van der Waals surface area contributed by atoms with Gasteiger partial charge in [-0.25, -0.2) is 0 Å². The number of rotatable bonds is 3. The van der Waals surface area contributed by atoms with Crippen LogP contribution < -0.4 is 4.90 Å². The van der Waals surface area contributed by atoms with E-state index < -0.39 is 11.8 Å². The maximum atomic E-state index is 12.2. The standard InChI is InChI=1S/C17H25N3O3/c1-13-5-4-6-15(14(13)2)19-7-9-20(10-8-19)17(23)16(22)18(3)11-12-21/h4-6,21H,7-12H2,1-3H3. The van der Waals surface area contributed by atoms with E-state index in [-0.39, 0.29) is 13.2 Å². The number of aliphatic hydroxyl groups excluding tert-OH is 1. The van der Waals surface area contributed by atoms with Gasteiger partial charge in [0.15, 0.2) is 0 Å². The van der Waals surface area contributed by atoms with Crippen LogP contribution in [-0.4, -0.2) is 73.1 Å². The van der Waals surface area contributed by atoms with E-state index in [0.29, 0.717) is 26.2 Å². The van der Waals surface area contributed by atoms with Gasteiger partial charge in [0.25, 0.3) is 0 Å². The van der Waals surface area contributed by atoms with Gasteiger partial charge < -0.3 is 19.8 Å². The number of hydrogen-bond acceptors (Lipinski definition) is 4. The molecule has 0 saturated carbocycles. The predicted molar refractivity (Wildman–Crippen MR) is 89.4 cm³/mol. The molecule has 0 atom stereocenters. The van der Waals surface area contributed by atoms with E-state index in [0.717, 1.165) is 0 Å². The second-order valence-electron chi connectivity index (χ2n) is 5.95. The number of carbonyl (C=O) groups is 2. The van der Waals surface area contributed by atoms with Gasteiger partial charge in [0.1, 0.15) is 0 Å². The highest BCUT2D eigenvalue weighted by molar-refractivity contribution is 6.34. The number of benzene rings is 1. The Kier molecular flexibility index (Phi) is 5.60. The summed E-state index contributed by atoms with van der Waals surface area (Å²) in [7, 11) is 1.53. The Morgan fingerprint density at radius 2 is 1.83 bits per heavy atom. The van der Waals surface area contributed by atoms with Gasteiger partial charge in [-0.15, -0.1) is 0 Å². The Labute approximate surface area is 137 Å². The number of hydrogen-bond donors (Lipinski definition) is 1. The number of carbonyl (C=O) groups excluding carboxylic acids is 2. The Balaban J connectivity index is 1.97. The van der Waals surface area contributed by atoms with Gasteiger partial charge in [0.2, 0.25) is 0 Å². The first-order valence-corrected chi connectivity index (χ1v) is 7.92. The van der Waals surface area contributed by atoms with Crippen molar-refractivity contribution in [2.24, 2.45) is 0 Å². The molecule has 1 N–H and O–H groups in total. The average Bonchev–Trinajstić information content (AvgIpc) is 2.56. The maximum absolute atomic E-state index is 12.2. The molecule has 6 heteroatoms. The highest BCUT2D eigenvalue weighted by atomic mass is 16.3. The molecule has 0 aromatic heterocycles. The summed E-state index contributed by atoms with van der Waals surface area (Å²) in [5, 5.41) is 8.86. The molecular weight excluding hydrogens is 294 g/mol. The number of aliphatic hydroxyl groups is 1. The fourth-order valence-corrected chi connectivity index (χ4v) is 2.78. The largest absolute Gasteiger partial charge is 0.395 e. The van der Waals surface area contributed by atoms with Crippen LogP contribution in [0.4, 0.5) is 5.69 Å². The molecule has 1 aliphatic rings. The van der Waals surface area contributed by atoms with Crippen molar-refractivity contribution in [2.45, 2.75) is 13.8 Å². The molecule has 2 rings (SSSR count). The minimum atomic E-state index is -0.556. The lowest BCUT2D eigenvalue weighted by molar-refractivity contribution is -0.151. The first kappa shape index (κ1) is 17.3. The summed E-state index contributed by atoms with van der Waals surface area (Å²) < 4.78 is 0. The summed E-state index contributed by atoms with van der Waals surface area (Å²) in [6.45, 7) is 6.72. The molecule has 1 aromatic rings. The molecule has 0 radical (unpaired) electrons. The van der Waals surface area contributed by atoms with E-state index in [4.69, 9.17) is 5.11 Å². The highest BCUT2D eigenvalue weighted by Crippen LogP contribution is 2.23. The molecule has 0 unspecified atom stereocenters. The summed E-state index contributed by atoms with van der Waals surface area (Å²) in [6.07, 6.45) is 0. The zero-order chi connectivity index (χ0) is 17.0. The first-order chi connectivity index (χ1) is 11.0. The highest BCUT2D eigenvalue weighted by Gasteiger charge is 2.28. The fourth-order valence-electron chi connectivity index (χ4n) is 2.78. The van der Waals surface area contributed by atoms with Gasteiger partial charge in [-0.2, -0.15) is 0 Å². The Morgan fingerprint density at radius 3 is 2.43 bits per heavy atom. The first-order valence-electron chi connectivity index (χ1n) is 7.92. The molecule has 0 bridgehead atoms. The lowest BCUT2D eigenvalue weighted by atomic mass is 10.1. The molecule has 1 heterocycles. The van der Waals surface area contributed by atoms with Crippen LogP contribution in [0.25, 0.3) is 0 Å². The summed E-state index contributed by atoms with van der Waals surface area (Å²) in [5.74, 6) is -1.04. The monoisotopic (exact) mass is 319 g/mol. The van der Waals surface area contributed by atoms with Crippen LogP contribution >= 0.6 is 0 Å². The quantitative estimate of drug-likeness (QED) is 0.819. The molecule has 6 nitrogen and oxygen atoms in total. The Hall–Kier alpha value is -2.08. The van der Waals surface area contributed by atoms with Crippen LogP contribution in [0.1, 0.15) is 11.1 Å². The molecule has 126 valence electrons. The van der Waals surface area contributed by atoms with Crippen molar-refractivity contribution in [3.05, 3.63) is 29.3 Å². The molecular formula is C17H25N3O3. The minimum Gasteiger partial charge on any atom is -0.395 e. The van der Waals surface area contributed by atoms with Gasteiger partial charge in [0, 0.05) is 45.5 Å². The van der Waals surface area contributed by atoms with E-state index >= 15 is 0 Å². The van der Waals surface area contributed by atoms with Gasteiger partial charge in [-0.3, -0.25) is 9.59 Å².